The lowest BCUT2D eigenvalue weighted by Gasteiger charge is -2.28. The van der Waals surface area contributed by atoms with E-state index in [9.17, 15) is 9.59 Å². The van der Waals surface area contributed by atoms with Gasteiger partial charge in [0.15, 0.2) is 4.77 Å². The lowest BCUT2D eigenvalue weighted by Crippen LogP contribution is -2.35. The summed E-state index contributed by atoms with van der Waals surface area (Å²) in [6, 6.07) is 15.2. The van der Waals surface area contributed by atoms with E-state index < -0.39 is 0 Å². The topological polar surface area (TPSA) is 66.9 Å². The summed E-state index contributed by atoms with van der Waals surface area (Å²) in [6.07, 6.45) is 4.32. The average molecular weight is 456 g/mol. The fraction of sp³-hybridized carbons (Fsp3) is 0.375. The molecule has 1 amide bonds. The Balaban J connectivity index is 1.29. The van der Waals surface area contributed by atoms with Gasteiger partial charge in [0.1, 0.15) is 0 Å². The third-order valence-corrected chi connectivity index (χ3v) is 6.75. The van der Waals surface area contributed by atoms with Crippen LogP contribution >= 0.6 is 23.8 Å². The van der Waals surface area contributed by atoms with Gasteiger partial charge in [-0.2, -0.15) is 0 Å². The number of carbonyl (C=O) groups excluding carboxylic acids is 1. The molecule has 0 saturated heterocycles. The van der Waals surface area contributed by atoms with Crippen LogP contribution in [0.3, 0.4) is 0 Å². The Morgan fingerprint density at radius 1 is 1.10 bits per heavy atom. The first-order chi connectivity index (χ1) is 15.0. The van der Waals surface area contributed by atoms with E-state index in [1.807, 2.05) is 48.5 Å². The molecule has 1 aliphatic carbocycles. The number of H-pyrrole nitrogens is 1. The highest BCUT2D eigenvalue weighted by molar-refractivity contribution is 7.71. The van der Waals surface area contributed by atoms with E-state index in [0.29, 0.717) is 29.2 Å². The molecule has 0 spiro atoms. The lowest BCUT2D eigenvalue weighted by molar-refractivity contribution is -0.126. The summed E-state index contributed by atoms with van der Waals surface area (Å²) in [5.74, 6) is 0.531. The van der Waals surface area contributed by atoms with Gasteiger partial charge in [-0.3, -0.25) is 14.2 Å². The second-order valence-electron chi connectivity index (χ2n) is 8.28. The molecule has 4 rings (SSSR count). The number of aromatic amines is 1. The van der Waals surface area contributed by atoms with E-state index in [0.717, 1.165) is 48.2 Å². The summed E-state index contributed by atoms with van der Waals surface area (Å²) < 4.78 is 2.14. The Bertz CT molecular complexity index is 1180. The van der Waals surface area contributed by atoms with Gasteiger partial charge in [0.25, 0.3) is 5.56 Å². The van der Waals surface area contributed by atoms with Crippen LogP contribution in [-0.4, -0.2) is 22.0 Å². The number of hydrogen-bond donors (Lipinski definition) is 2. The summed E-state index contributed by atoms with van der Waals surface area (Å²) in [5, 5.41) is 4.45. The monoisotopic (exact) mass is 455 g/mol. The molecule has 0 radical (unpaired) electrons. The van der Waals surface area contributed by atoms with Crippen molar-refractivity contribution in [3.8, 4) is 0 Å². The number of amides is 1. The summed E-state index contributed by atoms with van der Waals surface area (Å²) >= 11 is 11.3. The molecule has 0 aliphatic heterocycles. The minimum Gasteiger partial charge on any atom is -0.356 e. The molecule has 0 bridgehead atoms. The molecule has 5 nitrogen and oxygen atoms in total. The van der Waals surface area contributed by atoms with Gasteiger partial charge in [0, 0.05) is 24.0 Å². The zero-order valence-electron chi connectivity index (χ0n) is 17.3. The molecule has 0 unspecified atom stereocenters. The molecule has 2 N–H and O–H groups in total. The van der Waals surface area contributed by atoms with Crippen LogP contribution in [0.15, 0.2) is 53.3 Å². The third kappa shape index (κ3) is 5.25. The SMILES string of the molecule is O=C(NCCc1ccc(Cl)cc1)C1CCC(Cn2c(=S)[nH]c3ccccc3c2=O)CC1. The Kier molecular flexibility index (Phi) is 6.88. The smallest absolute Gasteiger partial charge is 0.262 e. The van der Waals surface area contributed by atoms with Crippen molar-refractivity contribution in [2.45, 2.75) is 38.6 Å². The first kappa shape index (κ1) is 21.8. The van der Waals surface area contributed by atoms with Crippen molar-refractivity contribution < 1.29 is 4.79 Å². The van der Waals surface area contributed by atoms with Crippen LogP contribution < -0.4 is 10.9 Å². The van der Waals surface area contributed by atoms with Crippen molar-refractivity contribution in [1.82, 2.24) is 14.9 Å². The van der Waals surface area contributed by atoms with Crippen molar-refractivity contribution >= 4 is 40.6 Å². The van der Waals surface area contributed by atoms with Crippen molar-refractivity contribution in [1.29, 1.82) is 0 Å². The number of para-hydroxylation sites is 1. The normalized spacial score (nSPS) is 18.7. The second kappa shape index (κ2) is 9.79. The van der Waals surface area contributed by atoms with Gasteiger partial charge >= 0.3 is 0 Å². The molecular weight excluding hydrogens is 430 g/mol. The van der Waals surface area contributed by atoms with Gasteiger partial charge in [0.05, 0.1) is 10.9 Å². The van der Waals surface area contributed by atoms with Gasteiger partial charge in [-0.1, -0.05) is 35.9 Å². The molecule has 162 valence electrons. The highest BCUT2D eigenvalue weighted by Crippen LogP contribution is 2.30. The zero-order valence-corrected chi connectivity index (χ0v) is 18.8. The molecular formula is C24H26ClN3O2S. The van der Waals surface area contributed by atoms with E-state index in [1.165, 1.54) is 0 Å². The summed E-state index contributed by atoms with van der Waals surface area (Å²) in [7, 11) is 0. The fourth-order valence-corrected chi connectivity index (χ4v) is 4.75. The maximum atomic E-state index is 12.9. The van der Waals surface area contributed by atoms with Crippen LogP contribution in [0.5, 0.6) is 0 Å². The number of aromatic nitrogens is 2. The molecule has 3 aromatic rings. The standard InChI is InChI=1S/C24H26ClN3O2S/c25-19-11-7-16(8-12-19)13-14-26-22(29)18-9-5-17(6-10-18)15-28-23(30)20-3-1-2-4-21(20)27-24(28)31/h1-4,7-8,11-12,17-18H,5-6,9-10,13-15H2,(H,26,29)(H,27,31). The predicted molar refractivity (Wildman–Crippen MR) is 127 cm³/mol. The minimum absolute atomic E-state index is 0.0404. The number of nitrogens with one attached hydrogen (secondary N) is 2. The van der Waals surface area contributed by atoms with Crippen LogP contribution in [-0.2, 0) is 17.8 Å². The maximum Gasteiger partial charge on any atom is 0.262 e. The zero-order chi connectivity index (χ0) is 21.8. The first-order valence-corrected chi connectivity index (χ1v) is 11.5. The Hall–Kier alpha value is -2.44. The first-order valence-electron chi connectivity index (χ1n) is 10.8. The highest BCUT2D eigenvalue weighted by Gasteiger charge is 2.26. The van der Waals surface area contributed by atoms with Crippen LogP contribution in [0, 0.1) is 16.6 Å². The minimum atomic E-state index is -0.0404. The molecule has 7 heteroatoms. The molecule has 31 heavy (non-hydrogen) atoms. The number of fused-ring (bicyclic) bond motifs is 1. The van der Waals surface area contributed by atoms with Crippen molar-refractivity contribution in [3.05, 3.63) is 74.2 Å². The predicted octanol–water partition coefficient (Wildman–Crippen LogP) is 4.88. The summed E-state index contributed by atoms with van der Waals surface area (Å²) in [5.41, 5.74) is 1.89. The molecule has 1 aliphatic rings. The van der Waals surface area contributed by atoms with E-state index >= 15 is 0 Å². The summed E-state index contributed by atoms with van der Waals surface area (Å²) in [6.45, 7) is 1.23. The van der Waals surface area contributed by atoms with Crippen molar-refractivity contribution in [3.63, 3.8) is 0 Å². The Morgan fingerprint density at radius 3 is 2.55 bits per heavy atom. The largest absolute Gasteiger partial charge is 0.356 e. The fourth-order valence-electron chi connectivity index (χ4n) is 4.36. The Labute approximate surface area is 191 Å². The number of rotatable bonds is 6. The molecule has 1 fully saturated rings. The van der Waals surface area contributed by atoms with Crippen LogP contribution in [0.1, 0.15) is 31.2 Å². The molecule has 1 saturated carbocycles. The maximum absolute atomic E-state index is 12.9. The van der Waals surface area contributed by atoms with E-state index in [2.05, 4.69) is 10.3 Å². The number of carbonyl (C=O) groups is 1. The number of benzene rings is 2. The van der Waals surface area contributed by atoms with Gasteiger partial charge < -0.3 is 10.3 Å². The average Bonchev–Trinajstić information content (AvgIpc) is 2.78. The van der Waals surface area contributed by atoms with Crippen molar-refractivity contribution in [2.24, 2.45) is 11.8 Å². The molecule has 0 atom stereocenters. The third-order valence-electron chi connectivity index (χ3n) is 6.17. The van der Waals surface area contributed by atoms with Gasteiger partial charge in [-0.15, -0.1) is 0 Å². The van der Waals surface area contributed by atoms with Crippen LogP contribution in [0.25, 0.3) is 10.9 Å². The quantitative estimate of drug-likeness (QED) is 0.520. The van der Waals surface area contributed by atoms with E-state index in [4.69, 9.17) is 23.8 Å². The van der Waals surface area contributed by atoms with Crippen molar-refractivity contribution in [2.75, 3.05) is 6.54 Å². The number of hydrogen-bond acceptors (Lipinski definition) is 3. The molecule has 1 heterocycles. The summed E-state index contributed by atoms with van der Waals surface area (Å²) in [4.78, 5) is 28.6. The van der Waals surface area contributed by atoms with Gasteiger partial charge in [-0.25, -0.2) is 0 Å². The van der Waals surface area contributed by atoms with E-state index in [-0.39, 0.29) is 17.4 Å². The number of nitrogens with zero attached hydrogens (tertiary/aromatic N) is 1. The second-order valence-corrected chi connectivity index (χ2v) is 9.10. The van der Waals surface area contributed by atoms with Gasteiger partial charge in [0.2, 0.25) is 5.91 Å². The van der Waals surface area contributed by atoms with Crippen LogP contribution in [0.2, 0.25) is 5.02 Å². The molecule has 2 aromatic carbocycles. The van der Waals surface area contributed by atoms with Crippen LogP contribution in [0.4, 0.5) is 0 Å². The van der Waals surface area contributed by atoms with Gasteiger partial charge in [-0.05, 0) is 80.1 Å². The van der Waals surface area contributed by atoms with E-state index in [1.54, 1.807) is 4.57 Å². The number of halogens is 1. The molecule has 1 aromatic heterocycles. The lowest BCUT2D eigenvalue weighted by atomic mass is 9.81. The Morgan fingerprint density at radius 2 is 1.81 bits per heavy atom. The highest BCUT2D eigenvalue weighted by atomic mass is 35.5.